The van der Waals surface area contributed by atoms with E-state index < -0.39 is 0 Å². The van der Waals surface area contributed by atoms with Crippen molar-refractivity contribution in [1.29, 1.82) is 0 Å². The average molecular weight is 133 g/mol. The van der Waals surface area contributed by atoms with Crippen molar-refractivity contribution in [3.8, 4) is 12.3 Å². The molecule has 0 amide bonds. The van der Waals surface area contributed by atoms with E-state index in [2.05, 4.69) is 30.3 Å². The SMILES string of the molecule is C#C/C=C/C1(C)C=CCN1. The molecule has 0 saturated heterocycles. The van der Waals surface area contributed by atoms with Crippen molar-refractivity contribution in [2.24, 2.45) is 0 Å². The van der Waals surface area contributed by atoms with Gasteiger partial charge in [0.1, 0.15) is 0 Å². The molecule has 0 saturated carbocycles. The van der Waals surface area contributed by atoms with Gasteiger partial charge in [-0.15, -0.1) is 6.42 Å². The molecule has 0 radical (unpaired) electrons. The van der Waals surface area contributed by atoms with Gasteiger partial charge >= 0.3 is 0 Å². The van der Waals surface area contributed by atoms with Crippen LogP contribution >= 0.6 is 0 Å². The van der Waals surface area contributed by atoms with Crippen molar-refractivity contribution in [3.63, 3.8) is 0 Å². The molecule has 0 aliphatic carbocycles. The summed E-state index contributed by atoms with van der Waals surface area (Å²) in [6, 6.07) is 0. The van der Waals surface area contributed by atoms with Gasteiger partial charge < -0.3 is 5.32 Å². The maximum atomic E-state index is 5.08. The summed E-state index contributed by atoms with van der Waals surface area (Å²) < 4.78 is 0. The minimum absolute atomic E-state index is 0.00757. The Kier molecular flexibility index (Phi) is 1.94. The average Bonchev–Trinajstić information content (AvgIpc) is 2.33. The molecule has 1 N–H and O–H groups in total. The van der Waals surface area contributed by atoms with Crippen LogP contribution in [0.15, 0.2) is 24.3 Å². The molecule has 1 atom stereocenters. The van der Waals surface area contributed by atoms with Crippen molar-refractivity contribution < 1.29 is 0 Å². The first kappa shape index (κ1) is 7.11. The molecule has 1 nitrogen and oxygen atoms in total. The molecule has 0 bridgehead atoms. The van der Waals surface area contributed by atoms with E-state index in [1.54, 1.807) is 6.08 Å². The molecular formula is C9H11N. The van der Waals surface area contributed by atoms with Crippen LogP contribution in [0.3, 0.4) is 0 Å². The van der Waals surface area contributed by atoms with Gasteiger partial charge in [0.2, 0.25) is 0 Å². The second kappa shape index (κ2) is 2.72. The highest BCUT2D eigenvalue weighted by atomic mass is 15.0. The summed E-state index contributed by atoms with van der Waals surface area (Å²) in [5.74, 6) is 2.47. The van der Waals surface area contributed by atoms with Crippen molar-refractivity contribution in [3.05, 3.63) is 24.3 Å². The molecular weight excluding hydrogens is 122 g/mol. The summed E-state index contributed by atoms with van der Waals surface area (Å²) in [4.78, 5) is 0. The van der Waals surface area contributed by atoms with E-state index in [1.807, 2.05) is 6.08 Å². The van der Waals surface area contributed by atoms with Crippen LogP contribution in [-0.4, -0.2) is 12.1 Å². The molecule has 0 aromatic rings. The normalized spacial score (nSPS) is 31.2. The second-order valence-corrected chi connectivity index (χ2v) is 2.57. The zero-order valence-corrected chi connectivity index (χ0v) is 6.09. The van der Waals surface area contributed by atoms with Crippen LogP contribution in [0.5, 0.6) is 0 Å². The van der Waals surface area contributed by atoms with E-state index in [9.17, 15) is 0 Å². The number of nitrogens with one attached hydrogen (secondary N) is 1. The summed E-state index contributed by atoms with van der Waals surface area (Å²) in [5.41, 5.74) is -0.00757. The van der Waals surface area contributed by atoms with Crippen LogP contribution in [-0.2, 0) is 0 Å². The Balaban J connectivity index is 2.62. The molecule has 1 aliphatic rings. The summed E-state index contributed by atoms with van der Waals surface area (Å²) in [5, 5.41) is 3.27. The third-order valence-corrected chi connectivity index (χ3v) is 1.59. The van der Waals surface area contributed by atoms with Gasteiger partial charge in [-0.25, -0.2) is 0 Å². The first-order valence-corrected chi connectivity index (χ1v) is 3.33. The van der Waals surface area contributed by atoms with E-state index >= 15 is 0 Å². The lowest BCUT2D eigenvalue weighted by molar-refractivity contribution is 0.593. The second-order valence-electron chi connectivity index (χ2n) is 2.57. The molecule has 1 unspecified atom stereocenters. The predicted octanol–water partition coefficient (Wildman–Crippen LogP) is 1.09. The van der Waals surface area contributed by atoms with E-state index in [-0.39, 0.29) is 5.54 Å². The molecule has 52 valence electrons. The molecule has 0 aromatic heterocycles. The monoisotopic (exact) mass is 133 g/mol. The summed E-state index contributed by atoms with van der Waals surface area (Å²) in [6.07, 6.45) is 13.0. The number of allylic oxidation sites excluding steroid dienone is 1. The van der Waals surface area contributed by atoms with Gasteiger partial charge in [0.15, 0.2) is 0 Å². The van der Waals surface area contributed by atoms with Gasteiger partial charge in [-0.3, -0.25) is 0 Å². The van der Waals surface area contributed by atoms with Gasteiger partial charge in [0, 0.05) is 6.54 Å². The van der Waals surface area contributed by atoms with E-state index in [0.29, 0.717) is 0 Å². The largest absolute Gasteiger partial charge is 0.301 e. The third-order valence-electron chi connectivity index (χ3n) is 1.59. The van der Waals surface area contributed by atoms with Gasteiger partial charge in [-0.2, -0.15) is 0 Å². The Hall–Kier alpha value is -1.00. The minimum atomic E-state index is -0.00757. The highest BCUT2D eigenvalue weighted by molar-refractivity contribution is 5.25. The molecule has 1 heterocycles. The Morgan fingerprint density at radius 1 is 1.80 bits per heavy atom. The lowest BCUT2D eigenvalue weighted by atomic mass is 10.0. The third kappa shape index (κ3) is 1.49. The van der Waals surface area contributed by atoms with Crippen LogP contribution in [0.2, 0.25) is 0 Å². The van der Waals surface area contributed by atoms with Crippen LogP contribution in [0.25, 0.3) is 0 Å². The van der Waals surface area contributed by atoms with Crippen LogP contribution in [0.4, 0.5) is 0 Å². The summed E-state index contributed by atoms with van der Waals surface area (Å²) >= 11 is 0. The smallest absolute Gasteiger partial charge is 0.0533 e. The van der Waals surface area contributed by atoms with Crippen LogP contribution in [0, 0.1) is 12.3 Å². The summed E-state index contributed by atoms with van der Waals surface area (Å²) in [6.45, 7) is 3.02. The number of hydrogen-bond acceptors (Lipinski definition) is 1. The van der Waals surface area contributed by atoms with Crippen molar-refractivity contribution in [1.82, 2.24) is 5.32 Å². The maximum absolute atomic E-state index is 5.08. The molecule has 0 aromatic carbocycles. The van der Waals surface area contributed by atoms with E-state index in [0.717, 1.165) is 6.54 Å². The van der Waals surface area contributed by atoms with Crippen LogP contribution in [0.1, 0.15) is 6.92 Å². The molecule has 1 aliphatic heterocycles. The number of terminal acetylenes is 1. The molecule has 0 fully saturated rings. The van der Waals surface area contributed by atoms with Crippen molar-refractivity contribution in [2.75, 3.05) is 6.54 Å². The van der Waals surface area contributed by atoms with Crippen molar-refractivity contribution >= 4 is 0 Å². The number of rotatable bonds is 1. The first-order valence-electron chi connectivity index (χ1n) is 3.33. The quantitative estimate of drug-likeness (QED) is 0.417. The Morgan fingerprint density at radius 3 is 3.10 bits per heavy atom. The highest BCUT2D eigenvalue weighted by Gasteiger charge is 2.18. The van der Waals surface area contributed by atoms with Crippen LogP contribution < -0.4 is 5.32 Å². The van der Waals surface area contributed by atoms with Gasteiger partial charge in [-0.05, 0) is 13.0 Å². The molecule has 1 heteroatoms. The zero-order valence-electron chi connectivity index (χ0n) is 6.09. The van der Waals surface area contributed by atoms with Gasteiger partial charge in [0.05, 0.1) is 5.54 Å². The number of hydrogen-bond donors (Lipinski definition) is 1. The Morgan fingerprint density at radius 2 is 2.60 bits per heavy atom. The lowest BCUT2D eigenvalue weighted by Gasteiger charge is -2.16. The lowest BCUT2D eigenvalue weighted by Crippen LogP contribution is -2.33. The Bertz CT molecular complexity index is 207. The summed E-state index contributed by atoms with van der Waals surface area (Å²) in [7, 11) is 0. The molecule has 0 spiro atoms. The highest BCUT2D eigenvalue weighted by Crippen LogP contribution is 2.11. The molecule has 10 heavy (non-hydrogen) atoms. The van der Waals surface area contributed by atoms with E-state index in [4.69, 9.17) is 6.42 Å². The fourth-order valence-corrected chi connectivity index (χ4v) is 0.977. The zero-order chi connectivity index (χ0) is 7.45. The fraction of sp³-hybridized carbons (Fsp3) is 0.333. The standard InChI is InChI=1S/C9H11N/c1-3-4-6-9(2)7-5-8-10-9/h1,4-7,10H,8H2,2H3/b6-4+. The minimum Gasteiger partial charge on any atom is -0.301 e. The van der Waals surface area contributed by atoms with Crippen molar-refractivity contribution in [2.45, 2.75) is 12.5 Å². The maximum Gasteiger partial charge on any atom is 0.0533 e. The van der Waals surface area contributed by atoms with E-state index in [1.165, 1.54) is 0 Å². The Labute approximate surface area is 61.8 Å². The first-order chi connectivity index (χ1) is 4.77. The fourth-order valence-electron chi connectivity index (χ4n) is 0.977. The van der Waals surface area contributed by atoms with Gasteiger partial charge in [0.25, 0.3) is 0 Å². The molecule has 1 rings (SSSR count). The topological polar surface area (TPSA) is 12.0 Å². The van der Waals surface area contributed by atoms with Gasteiger partial charge in [-0.1, -0.05) is 24.1 Å². The predicted molar refractivity (Wildman–Crippen MR) is 43.5 cm³/mol.